The van der Waals surface area contributed by atoms with Gasteiger partial charge in [0.05, 0.1) is 11.5 Å². The monoisotopic (exact) mass is 456 g/mol. The van der Waals surface area contributed by atoms with Crippen LogP contribution >= 0.6 is 44.1 Å². The molecule has 0 aliphatic carbocycles. The SMILES string of the molecule is Cc1cc(Br)c(S(=O)(=O)N2CCOC(C(N)=S)C2)cc1Br. The smallest absolute Gasteiger partial charge is 0.244 e. The van der Waals surface area contributed by atoms with Crippen molar-refractivity contribution in [3.63, 3.8) is 0 Å². The molecule has 2 N–H and O–H groups in total. The third-order valence-corrected chi connectivity index (χ3v) is 7.12. The molecule has 1 aliphatic rings. The van der Waals surface area contributed by atoms with Gasteiger partial charge in [0.1, 0.15) is 11.1 Å². The summed E-state index contributed by atoms with van der Waals surface area (Å²) >= 11 is 11.6. The molecular formula is C12H14Br2N2O3S2. The number of sulfonamides is 1. The van der Waals surface area contributed by atoms with Crippen LogP contribution in [0.3, 0.4) is 0 Å². The first-order valence-electron chi connectivity index (χ1n) is 6.10. The molecule has 0 aromatic heterocycles. The van der Waals surface area contributed by atoms with Gasteiger partial charge in [0.25, 0.3) is 0 Å². The molecule has 21 heavy (non-hydrogen) atoms. The lowest BCUT2D eigenvalue weighted by atomic mass is 10.2. The summed E-state index contributed by atoms with van der Waals surface area (Å²) in [5.41, 5.74) is 6.50. The van der Waals surface area contributed by atoms with Crippen molar-refractivity contribution in [2.75, 3.05) is 19.7 Å². The summed E-state index contributed by atoms with van der Waals surface area (Å²) in [5, 5.41) is 0. The number of ether oxygens (including phenoxy) is 1. The van der Waals surface area contributed by atoms with Crippen LogP contribution in [0.1, 0.15) is 5.56 Å². The Morgan fingerprint density at radius 3 is 2.71 bits per heavy atom. The second kappa shape index (κ2) is 6.59. The second-order valence-electron chi connectivity index (χ2n) is 4.66. The lowest BCUT2D eigenvalue weighted by Crippen LogP contribution is -2.49. The van der Waals surface area contributed by atoms with Gasteiger partial charge >= 0.3 is 0 Å². The molecule has 9 heteroatoms. The molecule has 0 radical (unpaired) electrons. The van der Waals surface area contributed by atoms with Gasteiger partial charge in [0.2, 0.25) is 10.0 Å². The zero-order valence-electron chi connectivity index (χ0n) is 11.2. The number of morpholine rings is 1. The fourth-order valence-corrected chi connectivity index (χ4v) is 5.19. The molecule has 1 unspecified atom stereocenters. The first kappa shape index (κ1) is 17.3. The van der Waals surface area contributed by atoms with Crippen LogP contribution in [0.4, 0.5) is 0 Å². The van der Waals surface area contributed by atoms with Crippen molar-refractivity contribution in [3.8, 4) is 0 Å². The van der Waals surface area contributed by atoms with Crippen LogP contribution in [-0.4, -0.2) is 43.5 Å². The molecule has 2 rings (SSSR count). The Kier molecular flexibility index (Phi) is 5.43. The Morgan fingerprint density at radius 1 is 1.43 bits per heavy atom. The zero-order valence-corrected chi connectivity index (χ0v) is 16.0. The van der Waals surface area contributed by atoms with Crippen LogP contribution < -0.4 is 5.73 Å². The van der Waals surface area contributed by atoms with Gasteiger partial charge in [-0.3, -0.25) is 0 Å². The number of benzene rings is 1. The van der Waals surface area contributed by atoms with Crippen molar-refractivity contribution < 1.29 is 13.2 Å². The van der Waals surface area contributed by atoms with E-state index in [0.29, 0.717) is 4.47 Å². The van der Waals surface area contributed by atoms with E-state index in [-0.39, 0.29) is 29.6 Å². The summed E-state index contributed by atoms with van der Waals surface area (Å²) in [5.74, 6) is 0. The molecule has 0 amide bonds. The maximum Gasteiger partial charge on any atom is 0.244 e. The van der Waals surface area contributed by atoms with Crippen LogP contribution in [0.15, 0.2) is 26.0 Å². The highest BCUT2D eigenvalue weighted by Gasteiger charge is 2.33. The number of nitrogens with two attached hydrogens (primary N) is 1. The molecule has 1 atom stereocenters. The Labute approximate surface area is 146 Å². The highest BCUT2D eigenvalue weighted by atomic mass is 79.9. The predicted molar refractivity (Wildman–Crippen MR) is 91.9 cm³/mol. The largest absolute Gasteiger partial charge is 0.391 e. The number of nitrogens with zero attached hydrogens (tertiary/aromatic N) is 1. The number of thiocarbonyl (C=S) groups is 1. The van der Waals surface area contributed by atoms with Crippen molar-refractivity contribution in [1.29, 1.82) is 0 Å². The average Bonchev–Trinajstić information content (AvgIpc) is 2.42. The lowest BCUT2D eigenvalue weighted by molar-refractivity contribution is 0.0386. The highest BCUT2D eigenvalue weighted by molar-refractivity contribution is 9.11. The minimum absolute atomic E-state index is 0.135. The normalized spacial score (nSPS) is 20.4. The minimum atomic E-state index is -3.64. The first-order chi connectivity index (χ1) is 9.73. The van der Waals surface area contributed by atoms with Crippen molar-refractivity contribution in [2.24, 2.45) is 5.73 Å². The number of halogens is 2. The Hall–Kier alpha value is -0.0600. The van der Waals surface area contributed by atoms with Gasteiger partial charge in [-0.2, -0.15) is 4.31 Å². The van der Waals surface area contributed by atoms with Gasteiger partial charge in [-0.15, -0.1) is 0 Å². The third kappa shape index (κ3) is 3.65. The van der Waals surface area contributed by atoms with Crippen LogP contribution in [0.25, 0.3) is 0 Å². The van der Waals surface area contributed by atoms with Crippen molar-refractivity contribution in [3.05, 3.63) is 26.6 Å². The second-order valence-corrected chi connectivity index (χ2v) is 8.74. The van der Waals surface area contributed by atoms with Crippen LogP contribution in [-0.2, 0) is 14.8 Å². The maximum atomic E-state index is 12.8. The molecule has 1 saturated heterocycles. The molecule has 0 spiro atoms. The van der Waals surface area contributed by atoms with E-state index < -0.39 is 16.1 Å². The molecule has 1 aromatic carbocycles. The quantitative estimate of drug-likeness (QED) is 0.704. The van der Waals surface area contributed by atoms with Crippen molar-refractivity contribution >= 4 is 59.1 Å². The van der Waals surface area contributed by atoms with Crippen molar-refractivity contribution in [1.82, 2.24) is 4.31 Å². The molecule has 0 bridgehead atoms. The average molecular weight is 458 g/mol. The molecule has 1 aliphatic heterocycles. The maximum absolute atomic E-state index is 12.8. The van der Waals surface area contributed by atoms with E-state index in [1.54, 1.807) is 12.1 Å². The van der Waals surface area contributed by atoms with Crippen molar-refractivity contribution in [2.45, 2.75) is 17.9 Å². The molecule has 0 saturated carbocycles. The van der Waals surface area contributed by atoms with Crippen LogP contribution in [0.5, 0.6) is 0 Å². The fourth-order valence-electron chi connectivity index (χ4n) is 1.98. The fraction of sp³-hybridized carbons (Fsp3) is 0.417. The lowest BCUT2D eigenvalue weighted by Gasteiger charge is -2.31. The van der Waals surface area contributed by atoms with Gasteiger partial charge < -0.3 is 10.5 Å². The minimum Gasteiger partial charge on any atom is -0.391 e. The van der Waals surface area contributed by atoms with E-state index in [2.05, 4.69) is 31.9 Å². The van der Waals surface area contributed by atoms with Gasteiger partial charge in [-0.05, 0) is 40.5 Å². The number of hydrogen-bond donors (Lipinski definition) is 1. The zero-order chi connectivity index (χ0) is 15.8. The topological polar surface area (TPSA) is 72.6 Å². The van der Waals surface area contributed by atoms with Crippen LogP contribution in [0.2, 0.25) is 0 Å². The summed E-state index contributed by atoms with van der Waals surface area (Å²) < 4.78 is 33.5. The van der Waals surface area contributed by atoms with E-state index >= 15 is 0 Å². The van der Waals surface area contributed by atoms with E-state index in [9.17, 15) is 8.42 Å². The van der Waals surface area contributed by atoms with E-state index in [1.165, 1.54) is 4.31 Å². The Morgan fingerprint density at radius 2 is 2.10 bits per heavy atom. The highest BCUT2D eigenvalue weighted by Crippen LogP contribution is 2.31. The first-order valence-corrected chi connectivity index (χ1v) is 9.53. The van der Waals surface area contributed by atoms with Gasteiger partial charge in [-0.25, -0.2) is 8.42 Å². The van der Waals surface area contributed by atoms with Gasteiger partial charge in [0.15, 0.2) is 0 Å². The standard InChI is InChI=1S/C12H14Br2N2O3S2/c1-7-4-9(14)11(5-8(7)13)21(17,18)16-2-3-19-10(6-16)12(15)20/h4-5,10H,2-3,6H2,1H3,(H2,15,20). The van der Waals surface area contributed by atoms with Gasteiger partial charge in [0, 0.05) is 22.0 Å². The summed E-state index contributed by atoms with van der Waals surface area (Å²) in [6.07, 6.45) is -0.545. The molecule has 5 nitrogen and oxygen atoms in total. The summed E-state index contributed by atoms with van der Waals surface area (Å²) in [4.78, 5) is 0.377. The van der Waals surface area contributed by atoms with Gasteiger partial charge in [-0.1, -0.05) is 28.1 Å². The molecular weight excluding hydrogens is 444 g/mol. The number of hydrogen-bond acceptors (Lipinski definition) is 4. The molecule has 116 valence electrons. The number of rotatable bonds is 3. The number of aryl methyl sites for hydroxylation is 1. The van der Waals surface area contributed by atoms with E-state index in [4.69, 9.17) is 22.7 Å². The van der Waals surface area contributed by atoms with Crippen LogP contribution in [0, 0.1) is 6.92 Å². The molecule has 1 fully saturated rings. The third-order valence-electron chi connectivity index (χ3n) is 3.18. The van der Waals surface area contributed by atoms with E-state index in [0.717, 1.165) is 10.0 Å². The Balaban J connectivity index is 2.38. The summed E-state index contributed by atoms with van der Waals surface area (Å²) in [6.45, 7) is 2.57. The Bertz CT molecular complexity index is 679. The summed E-state index contributed by atoms with van der Waals surface area (Å²) in [7, 11) is -3.64. The molecule has 1 heterocycles. The summed E-state index contributed by atoms with van der Waals surface area (Å²) in [6, 6.07) is 3.36. The predicted octanol–water partition coefficient (Wildman–Crippen LogP) is 2.20. The van der Waals surface area contributed by atoms with E-state index in [1.807, 2.05) is 6.92 Å². The molecule has 1 aromatic rings.